The van der Waals surface area contributed by atoms with Crippen LogP contribution in [-0.4, -0.2) is 10.2 Å². The monoisotopic (exact) mass is 204 g/mol. The predicted octanol–water partition coefficient (Wildman–Crippen LogP) is 2.52. The highest BCUT2D eigenvalue weighted by Gasteiger charge is 2.13. The van der Waals surface area contributed by atoms with Gasteiger partial charge in [-0.15, -0.1) is 10.2 Å². The zero-order chi connectivity index (χ0) is 10.7. The molecule has 0 fully saturated rings. The van der Waals surface area contributed by atoms with Crippen LogP contribution in [0.3, 0.4) is 0 Å². The Hall–Kier alpha value is -1.84. The average molecular weight is 204 g/mol. The summed E-state index contributed by atoms with van der Waals surface area (Å²) in [5.74, 6) is 1.84. The van der Waals surface area contributed by atoms with Crippen LogP contribution in [0.2, 0.25) is 0 Å². The predicted molar refractivity (Wildman–Crippen MR) is 54.5 cm³/mol. The second-order valence-corrected chi connectivity index (χ2v) is 3.23. The lowest BCUT2D eigenvalue weighted by Crippen LogP contribution is -2.03. The molecule has 1 unspecified atom stereocenters. The number of nitrogens with zero attached hydrogens (tertiary/aromatic N) is 2. The van der Waals surface area contributed by atoms with Gasteiger partial charge in [0.2, 0.25) is 5.89 Å². The van der Waals surface area contributed by atoms with Crippen molar-refractivity contribution in [3.8, 4) is 5.75 Å². The van der Waals surface area contributed by atoms with Crippen molar-refractivity contribution in [3.05, 3.63) is 42.1 Å². The van der Waals surface area contributed by atoms with Crippen molar-refractivity contribution in [3.63, 3.8) is 0 Å². The molecule has 0 aliphatic heterocycles. The molecule has 0 saturated carbocycles. The lowest BCUT2D eigenvalue weighted by molar-refractivity contribution is 0.187. The fourth-order valence-corrected chi connectivity index (χ4v) is 1.23. The van der Waals surface area contributed by atoms with Gasteiger partial charge in [-0.1, -0.05) is 18.2 Å². The van der Waals surface area contributed by atoms with Crippen molar-refractivity contribution in [1.29, 1.82) is 0 Å². The number of aryl methyl sites for hydroxylation is 1. The van der Waals surface area contributed by atoms with E-state index in [1.807, 2.05) is 37.3 Å². The number of para-hydroxylation sites is 1. The summed E-state index contributed by atoms with van der Waals surface area (Å²) in [6.07, 6.45) is -0.228. The average Bonchev–Trinajstić information content (AvgIpc) is 2.66. The Labute approximate surface area is 87.9 Å². The van der Waals surface area contributed by atoms with Gasteiger partial charge in [-0.2, -0.15) is 0 Å². The summed E-state index contributed by atoms with van der Waals surface area (Å²) in [6, 6.07) is 9.55. The number of ether oxygens (including phenoxy) is 1. The van der Waals surface area contributed by atoms with Crippen molar-refractivity contribution in [2.75, 3.05) is 0 Å². The molecule has 1 aromatic carbocycles. The van der Waals surface area contributed by atoms with Crippen LogP contribution in [0.25, 0.3) is 0 Å². The third-order valence-corrected chi connectivity index (χ3v) is 1.95. The molecule has 0 bridgehead atoms. The van der Waals surface area contributed by atoms with Crippen LogP contribution in [-0.2, 0) is 0 Å². The van der Waals surface area contributed by atoms with Crippen LogP contribution in [0.15, 0.2) is 34.7 Å². The lowest BCUT2D eigenvalue weighted by Gasteiger charge is -2.10. The van der Waals surface area contributed by atoms with E-state index >= 15 is 0 Å². The molecule has 4 nitrogen and oxygen atoms in total. The summed E-state index contributed by atoms with van der Waals surface area (Å²) in [5, 5.41) is 7.65. The Morgan fingerprint density at radius 3 is 2.53 bits per heavy atom. The number of aromatic nitrogens is 2. The molecule has 2 rings (SSSR count). The van der Waals surface area contributed by atoms with E-state index < -0.39 is 0 Å². The first-order chi connectivity index (χ1) is 7.25. The quantitative estimate of drug-likeness (QED) is 0.770. The molecule has 15 heavy (non-hydrogen) atoms. The second kappa shape index (κ2) is 4.13. The molecule has 0 radical (unpaired) electrons. The van der Waals surface area contributed by atoms with E-state index in [0.29, 0.717) is 11.8 Å². The molecule has 0 aliphatic rings. The van der Waals surface area contributed by atoms with Gasteiger partial charge < -0.3 is 9.15 Å². The Morgan fingerprint density at radius 2 is 1.93 bits per heavy atom. The largest absolute Gasteiger partial charge is 0.481 e. The molecule has 0 saturated heterocycles. The minimum absolute atomic E-state index is 0.228. The minimum Gasteiger partial charge on any atom is -0.481 e. The molecule has 1 atom stereocenters. The third-order valence-electron chi connectivity index (χ3n) is 1.95. The van der Waals surface area contributed by atoms with Crippen molar-refractivity contribution < 1.29 is 9.15 Å². The summed E-state index contributed by atoms with van der Waals surface area (Å²) in [7, 11) is 0. The Kier molecular flexibility index (Phi) is 2.67. The molecule has 0 aliphatic carbocycles. The highest BCUT2D eigenvalue weighted by atomic mass is 16.5. The van der Waals surface area contributed by atoms with Gasteiger partial charge in [0.05, 0.1) is 0 Å². The highest BCUT2D eigenvalue weighted by molar-refractivity contribution is 5.21. The van der Waals surface area contributed by atoms with E-state index in [-0.39, 0.29) is 6.10 Å². The van der Waals surface area contributed by atoms with Crippen molar-refractivity contribution >= 4 is 0 Å². The summed E-state index contributed by atoms with van der Waals surface area (Å²) in [5.41, 5.74) is 0. The Bertz CT molecular complexity index is 425. The fraction of sp³-hybridized carbons (Fsp3) is 0.273. The SMILES string of the molecule is Cc1nnc(C(C)Oc2ccccc2)o1. The van der Waals surface area contributed by atoms with E-state index in [0.717, 1.165) is 5.75 Å². The standard InChI is InChI=1S/C11H12N2O2/c1-8(11-13-12-9(2)15-11)14-10-6-4-3-5-7-10/h3-8H,1-2H3. The van der Waals surface area contributed by atoms with E-state index in [2.05, 4.69) is 10.2 Å². The maximum absolute atomic E-state index is 5.62. The van der Waals surface area contributed by atoms with Crippen LogP contribution in [0.5, 0.6) is 5.75 Å². The summed E-state index contributed by atoms with van der Waals surface area (Å²) < 4.78 is 10.9. The van der Waals surface area contributed by atoms with Gasteiger partial charge in [-0.25, -0.2) is 0 Å². The van der Waals surface area contributed by atoms with Gasteiger partial charge in [-0.3, -0.25) is 0 Å². The second-order valence-electron chi connectivity index (χ2n) is 3.23. The molecule has 1 aromatic heterocycles. The lowest BCUT2D eigenvalue weighted by atomic mass is 10.3. The first-order valence-electron chi connectivity index (χ1n) is 4.77. The van der Waals surface area contributed by atoms with Crippen LogP contribution >= 0.6 is 0 Å². The number of hydrogen-bond acceptors (Lipinski definition) is 4. The molecular formula is C11H12N2O2. The molecule has 1 heterocycles. The van der Waals surface area contributed by atoms with Crippen LogP contribution in [0, 0.1) is 6.92 Å². The maximum atomic E-state index is 5.62. The topological polar surface area (TPSA) is 48.2 Å². The maximum Gasteiger partial charge on any atom is 0.256 e. The molecule has 0 amide bonds. The summed E-state index contributed by atoms with van der Waals surface area (Å²) >= 11 is 0. The number of benzene rings is 1. The number of rotatable bonds is 3. The van der Waals surface area contributed by atoms with Crippen molar-refractivity contribution in [2.45, 2.75) is 20.0 Å². The van der Waals surface area contributed by atoms with Gasteiger partial charge in [0.1, 0.15) is 5.75 Å². The van der Waals surface area contributed by atoms with Gasteiger partial charge in [0, 0.05) is 6.92 Å². The van der Waals surface area contributed by atoms with Crippen molar-refractivity contribution in [2.24, 2.45) is 0 Å². The molecule has 4 heteroatoms. The normalized spacial score (nSPS) is 12.4. The van der Waals surface area contributed by atoms with Crippen molar-refractivity contribution in [1.82, 2.24) is 10.2 Å². The summed E-state index contributed by atoms with van der Waals surface area (Å²) in [6.45, 7) is 3.63. The molecule has 0 spiro atoms. The Balaban J connectivity index is 2.07. The third kappa shape index (κ3) is 2.34. The van der Waals surface area contributed by atoms with Crippen LogP contribution in [0.1, 0.15) is 24.8 Å². The number of hydrogen-bond donors (Lipinski definition) is 0. The van der Waals surface area contributed by atoms with E-state index in [4.69, 9.17) is 9.15 Å². The van der Waals surface area contributed by atoms with Crippen LogP contribution < -0.4 is 4.74 Å². The molecule has 0 N–H and O–H groups in total. The van der Waals surface area contributed by atoms with Crippen LogP contribution in [0.4, 0.5) is 0 Å². The Morgan fingerprint density at radius 1 is 1.20 bits per heavy atom. The molecule has 2 aromatic rings. The van der Waals surface area contributed by atoms with E-state index in [9.17, 15) is 0 Å². The van der Waals surface area contributed by atoms with E-state index in [1.165, 1.54) is 0 Å². The van der Waals surface area contributed by atoms with Gasteiger partial charge in [0.15, 0.2) is 6.10 Å². The minimum atomic E-state index is -0.228. The molecule has 78 valence electrons. The highest BCUT2D eigenvalue weighted by Crippen LogP contribution is 2.19. The fourth-order valence-electron chi connectivity index (χ4n) is 1.23. The first kappa shape index (κ1) is 9.71. The summed E-state index contributed by atoms with van der Waals surface area (Å²) in [4.78, 5) is 0. The van der Waals surface area contributed by atoms with Gasteiger partial charge in [0.25, 0.3) is 5.89 Å². The van der Waals surface area contributed by atoms with Gasteiger partial charge in [-0.05, 0) is 19.1 Å². The zero-order valence-corrected chi connectivity index (χ0v) is 8.68. The molecular weight excluding hydrogens is 192 g/mol. The zero-order valence-electron chi connectivity index (χ0n) is 8.68. The van der Waals surface area contributed by atoms with Gasteiger partial charge >= 0.3 is 0 Å². The van der Waals surface area contributed by atoms with E-state index in [1.54, 1.807) is 6.92 Å². The first-order valence-corrected chi connectivity index (χ1v) is 4.77. The smallest absolute Gasteiger partial charge is 0.256 e.